The van der Waals surface area contributed by atoms with Crippen LogP contribution in [0.15, 0.2) is 65.5 Å². The summed E-state index contributed by atoms with van der Waals surface area (Å²) in [5, 5.41) is 19.0. The summed E-state index contributed by atoms with van der Waals surface area (Å²) in [5.74, 6) is -0.817. The number of rotatable bonds is 15. The fourth-order valence-electron chi connectivity index (χ4n) is 5.47. The average molecular weight is 774 g/mol. The molecule has 276 valence electrons. The SMILES string of the molecule is Cl.Cn1cc(NC(=O)c2cc(NC(=O)c3cc(NC(=O)c4cc5cc(N(CCCl)CCCl)ccc5o4)cn3C)cn2C)cc1C(=O)NCCC(=N)N. The number of carbonyl (C=O) groups excluding carboxylic acids is 4. The Hall–Kier alpha value is -5.38. The van der Waals surface area contributed by atoms with Gasteiger partial charge < -0.3 is 50.0 Å². The maximum absolute atomic E-state index is 13.2. The maximum Gasteiger partial charge on any atom is 0.291 e. The van der Waals surface area contributed by atoms with E-state index in [-0.39, 0.29) is 54.3 Å². The predicted molar refractivity (Wildman–Crippen MR) is 206 cm³/mol. The molecule has 4 aromatic heterocycles. The number of furan rings is 1. The van der Waals surface area contributed by atoms with Crippen LogP contribution in [0.5, 0.6) is 0 Å². The van der Waals surface area contributed by atoms with Gasteiger partial charge in [0.25, 0.3) is 23.6 Å². The third kappa shape index (κ3) is 9.29. The second kappa shape index (κ2) is 17.2. The van der Waals surface area contributed by atoms with Crippen LogP contribution < -0.4 is 31.9 Å². The van der Waals surface area contributed by atoms with Crippen LogP contribution in [-0.4, -0.2) is 74.6 Å². The molecule has 0 aliphatic rings. The Morgan fingerprint density at radius 2 is 1.23 bits per heavy atom. The van der Waals surface area contributed by atoms with Crippen LogP contribution in [0.3, 0.4) is 0 Å². The topological polar surface area (TPSA) is 197 Å². The Morgan fingerprint density at radius 1 is 0.750 bits per heavy atom. The maximum atomic E-state index is 13.2. The number of alkyl halides is 2. The van der Waals surface area contributed by atoms with Crippen LogP contribution in [0.1, 0.15) is 48.4 Å². The summed E-state index contributed by atoms with van der Waals surface area (Å²) in [6.45, 7) is 1.46. The smallest absolute Gasteiger partial charge is 0.291 e. The molecule has 0 unspecified atom stereocenters. The molecule has 0 aliphatic heterocycles. The van der Waals surface area contributed by atoms with Crippen LogP contribution >= 0.6 is 35.6 Å². The van der Waals surface area contributed by atoms with E-state index in [1.807, 2.05) is 12.1 Å². The molecule has 0 spiro atoms. The van der Waals surface area contributed by atoms with Crippen LogP contribution in [0.2, 0.25) is 0 Å². The molecule has 0 fully saturated rings. The quantitative estimate of drug-likeness (QED) is 0.0491. The summed E-state index contributed by atoms with van der Waals surface area (Å²) in [7, 11) is 5.00. The molecule has 0 saturated heterocycles. The van der Waals surface area contributed by atoms with Crippen molar-refractivity contribution in [2.24, 2.45) is 26.9 Å². The third-order valence-electron chi connectivity index (χ3n) is 7.96. The number of hydrogen-bond donors (Lipinski definition) is 6. The summed E-state index contributed by atoms with van der Waals surface area (Å²) in [5.41, 5.74) is 8.76. The molecule has 4 heterocycles. The van der Waals surface area contributed by atoms with Crippen molar-refractivity contribution in [2.75, 3.05) is 52.2 Å². The lowest BCUT2D eigenvalue weighted by atomic mass is 10.2. The van der Waals surface area contributed by atoms with E-state index >= 15 is 0 Å². The fraction of sp³-hybridized carbons (Fsp3) is 0.265. The normalized spacial score (nSPS) is 10.8. The highest BCUT2D eigenvalue weighted by Crippen LogP contribution is 2.27. The second-order valence-corrected chi connectivity index (χ2v) is 12.5. The molecular formula is C34H39Cl3N10O5. The number of nitrogens with zero attached hydrogens (tertiary/aromatic N) is 4. The number of fused-ring (bicyclic) bond motifs is 1. The summed E-state index contributed by atoms with van der Waals surface area (Å²) in [6.07, 6.45) is 5.02. The van der Waals surface area contributed by atoms with E-state index < -0.39 is 17.7 Å². The molecule has 5 aromatic rings. The Bertz CT molecular complexity index is 2110. The van der Waals surface area contributed by atoms with Crippen molar-refractivity contribution < 1.29 is 23.6 Å². The largest absolute Gasteiger partial charge is 0.451 e. The number of anilines is 4. The highest BCUT2D eigenvalue weighted by Gasteiger charge is 2.20. The first-order chi connectivity index (χ1) is 24.4. The lowest BCUT2D eigenvalue weighted by molar-refractivity contribution is 0.0944. The van der Waals surface area contributed by atoms with Gasteiger partial charge in [-0.25, -0.2) is 0 Å². The van der Waals surface area contributed by atoms with Gasteiger partial charge in [0.1, 0.15) is 22.7 Å². The van der Waals surface area contributed by atoms with Crippen LogP contribution in [0.4, 0.5) is 22.7 Å². The summed E-state index contributed by atoms with van der Waals surface area (Å²) < 4.78 is 10.5. The molecule has 52 heavy (non-hydrogen) atoms. The molecule has 7 N–H and O–H groups in total. The third-order valence-corrected chi connectivity index (χ3v) is 8.30. The van der Waals surface area contributed by atoms with E-state index in [1.165, 1.54) is 18.2 Å². The molecule has 0 radical (unpaired) electrons. The van der Waals surface area contributed by atoms with Gasteiger partial charge in [0, 0.05) is 88.6 Å². The zero-order chi connectivity index (χ0) is 36.8. The number of benzene rings is 1. The Kier molecular flexibility index (Phi) is 13.1. The van der Waals surface area contributed by atoms with E-state index in [0.717, 1.165) is 11.1 Å². The highest BCUT2D eigenvalue weighted by molar-refractivity contribution is 6.18. The van der Waals surface area contributed by atoms with Gasteiger partial charge in [0.15, 0.2) is 5.76 Å². The highest BCUT2D eigenvalue weighted by atomic mass is 35.5. The zero-order valence-corrected chi connectivity index (χ0v) is 30.9. The van der Waals surface area contributed by atoms with Crippen molar-refractivity contribution in [1.82, 2.24) is 19.0 Å². The molecule has 1 aromatic carbocycles. The van der Waals surface area contributed by atoms with Gasteiger partial charge >= 0.3 is 0 Å². The molecule has 0 atom stereocenters. The Morgan fingerprint density at radius 3 is 1.71 bits per heavy atom. The van der Waals surface area contributed by atoms with Crippen molar-refractivity contribution in [2.45, 2.75) is 6.42 Å². The minimum absolute atomic E-state index is 0. The van der Waals surface area contributed by atoms with Crippen LogP contribution in [-0.2, 0) is 21.1 Å². The number of nitrogens with one attached hydrogen (secondary N) is 5. The van der Waals surface area contributed by atoms with Gasteiger partial charge in [-0.2, -0.15) is 0 Å². The van der Waals surface area contributed by atoms with Gasteiger partial charge in [-0.15, -0.1) is 35.6 Å². The first kappa shape index (κ1) is 39.4. The zero-order valence-electron chi connectivity index (χ0n) is 28.6. The fourth-order valence-corrected chi connectivity index (χ4v) is 5.88. The van der Waals surface area contributed by atoms with E-state index in [1.54, 1.807) is 65.6 Å². The van der Waals surface area contributed by atoms with Crippen LogP contribution in [0.25, 0.3) is 11.0 Å². The molecule has 0 aliphatic carbocycles. The monoisotopic (exact) mass is 772 g/mol. The number of amidine groups is 1. The molecule has 15 nitrogen and oxygen atoms in total. The summed E-state index contributed by atoms with van der Waals surface area (Å²) in [4.78, 5) is 54.0. The van der Waals surface area contributed by atoms with Crippen molar-refractivity contribution >= 4 is 98.8 Å². The minimum Gasteiger partial charge on any atom is -0.451 e. The van der Waals surface area contributed by atoms with Gasteiger partial charge in [-0.1, -0.05) is 0 Å². The number of aromatic nitrogens is 3. The van der Waals surface area contributed by atoms with Gasteiger partial charge in [-0.3, -0.25) is 24.6 Å². The average Bonchev–Trinajstić information content (AvgIpc) is 3.85. The number of hydrogen-bond acceptors (Lipinski definition) is 7. The van der Waals surface area contributed by atoms with Gasteiger partial charge in [0.05, 0.1) is 22.9 Å². The van der Waals surface area contributed by atoms with Gasteiger partial charge in [0.2, 0.25) is 0 Å². The number of halogens is 3. The first-order valence-electron chi connectivity index (χ1n) is 15.8. The van der Waals surface area contributed by atoms with Crippen molar-refractivity contribution in [3.05, 3.63) is 83.9 Å². The second-order valence-electron chi connectivity index (χ2n) is 11.8. The first-order valence-corrected chi connectivity index (χ1v) is 16.9. The van der Waals surface area contributed by atoms with E-state index in [4.69, 9.17) is 38.8 Å². The lowest BCUT2D eigenvalue weighted by Crippen LogP contribution is -2.28. The number of amides is 4. The van der Waals surface area contributed by atoms with Crippen LogP contribution in [0, 0.1) is 5.41 Å². The minimum atomic E-state index is -0.485. The number of nitrogens with two attached hydrogens (primary N) is 1. The summed E-state index contributed by atoms with van der Waals surface area (Å²) >= 11 is 11.9. The molecule has 5 rings (SSSR count). The van der Waals surface area contributed by atoms with E-state index in [9.17, 15) is 19.2 Å². The number of aryl methyl sites for hydroxylation is 3. The standard InChI is InChI=1S/C34H38Cl2N10O5.ClH/c1-43-17-21(14-25(43)31(47)39-9-6-30(37)38)40-32(48)26-15-22(18-44(26)2)41-33(49)27-16-23(19-45(27)3)42-34(50)29-13-20-12-24(4-5-28(20)51-29)46(10-7-35)11-8-36;/h4-5,12-19H,6-11H2,1-3H3,(H3,37,38)(H,39,47)(H,40,48)(H,41,49)(H,42,50);1H. The van der Waals surface area contributed by atoms with Crippen molar-refractivity contribution in [3.63, 3.8) is 0 Å². The van der Waals surface area contributed by atoms with Gasteiger partial charge in [-0.05, 0) is 42.5 Å². The predicted octanol–water partition coefficient (Wildman–Crippen LogP) is 4.97. The van der Waals surface area contributed by atoms with E-state index in [0.29, 0.717) is 53.2 Å². The molecule has 0 saturated carbocycles. The Labute approximate surface area is 315 Å². The number of carbonyl (C=O) groups is 4. The lowest BCUT2D eigenvalue weighted by Gasteiger charge is -2.22. The molecule has 0 bridgehead atoms. The summed E-state index contributed by atoms with van der Waals surface area (Å²) in [6, 6.07) is 11.8. The van der Waals surface area contributed by atoms with E-state index in [2.05, 4.69) is 26.2 Å². The van der Waals surface area contributed by atoms with Crippen molar-refractivity contribution in [3.8, 4) is 0 Å². The molecule has 4 amide bonds. The molecular weight excluding hydrogens is 735 g/mol. The molecule has 18 heteroatoms. The van der Waals surface area contributed by atoms with Crippen molar-refractivity contribution in [1.29, 1.82) is 5.41 Å². The Balaban J connectivity index is 0.00000605.